The van der Waals surface area contributed by atoms with Crippen molar-refractivity contribution in [2.45, 2.75) is 70.1 Å². The number of aliphatic hydroxyl groups is 1. The van der Waals surface area contributed by atoms with Crippen LogP contribution in [0.3, 0.4) is 0 Å². The van der Waals surface area contributed by atoms with E-state index >= 15 is 0 Å². The fraction of sp³-hybridized carbons (Fsp3) is 0.469. The molecule has 2 aromatic carbocycles. The van der Waals surface area contributed by atoms with E-state index in [2.05, 4.69) is 58.1 Å². The molecule has 3 heterocycles. The molecule has 210 valence electrons. The number of hydrogen-bond acceptors (Lipinski definition) is 7. The summed E-state index contributed by atoms with van der Waals surface area (Å²) in [6.45, 7) is 11.3. The highest BCUT2D eigenvalue weighted by Crippen LogP contribution is 2.54. The first-order valence-electron chi connectivity index (χ1n) is 14.2. The van der Waals surface area contributed by atoms with Gasteiger partial charge in [0.05, 0.1) is 17.5 Å². The summed E-state index contributed by atoms with van der Waals surface area (Å²) in [7, 11) is 1.80. The van der Waals surface area contributed by atoms with E-state index in [1.807, 2.05) is 32.9 Å². The molecular weight excluding hydrogens is 502 g/mol. The molecule has 1 N–H and O–H groups in total. The van der Waals surface area contributed by atoms with E-state index < -0.39 is 11.7 Å². The minimum Gasteiger partial charge on any atom is -0.443 e. The van der Waals surface area contributed by atoms with Gasteiger partial charge < -0.3 is 14.7 Å². The lowest BCUT2D eigenvalue weighted by Gasteiger charge is -2.31. The quantitative estimate of drug-likeness (QED) is 0.455. The van der Waals surface area contributed by atoms with E-state index in [1.54, 1.807) is 18.3 Å². The molecule has 0 bridgehead atoms. The zero-order valence-corrected chi connectivity index (χ0v) is 24.1. The molecule has 6 rings (SSSR count). The Morgan fingerprint density at radius 3 is 2.65 bits per heavy atom. The molecule has 8 nitrogen and oxygen atoms in total. The van der Waals surface area contributed by atoms with Gasteiger partial charge in [-0.15, -0.1) is 0 Å². The first-order valence-corrected chi connectivity index (χ1v) is 14.2. The maximum Gasteiger partial charge on any atom is 0.414 e. The van der Waals surface area contributed by atoms with Crippen molar-refractivity contribution >= 4 is 23.3 Å². The van der Waals surface area contributed by atoms with E-state index in [9.17, 15) is 9.90 Å². The average molecular weight is 542 g/mol. The molecule has 0 saturated carbocycles. The second kappa shape index (κ2) is 9.85. The van der Waals surface area contributed by atoms with Crippen LogP contribution in [-0.2, 0) is 16.7 Å². The third kappa shape index (κ3) is 4.63. The number of fused-ring (bicyclic) bond motifs is 3. The third-order valence-corrected chi connectivity index (χ3v) is 8.55. The maximum atomic E-state index is 13.3. The normalized spacial score (nSPS) is 23.9. The largest absolute Gasteiger partial charge is 0.443 e. The van der Waals surface area contributed by atoms with Crippen LogP contribution in [0.5, 0.6) is 0 Å². The second-order valence-corrected chi connectivity index (χ2v) is 12.7. The number of carbonyl (C=O) groups is 1. The van der Waals surface area contributed by atoms with Gasteiger partial charge in [0.1, 0.15) is 17.7 Å². The van der Waals surface area contributed by atoms with Crippen molar-refractivity contribution in [1.82, 2.24) is 14.9 Å². The summed E-state index contributed by atoms with van der Waals surface area (Å²) in [4.78, 5) is 29.0. The topological polar surface area (TPSA) is 82.0 Å². The number of likely N-dealkylation sites (tertiary alicyclic amines) is 1. The van der Waals surface area contributed by atoms with E-state index in [4.69, 9.17) is 9.72 Å². The van der Waals surface area contributed by atoms with Gasteiger partial charge in [0.25, 0.3) is 0 Å². The minimum absolute atomic E-state index is 0.159. The van der Waals surface area contributed by atoms with Crippen LogP contribution in [0.4, 0.5) is 22.0 Å². The van der Waals surface area contributed by atoms with Crippen LogP contribution < -0.4 is 9.80 Å². The number of hydrogen-bond donors (Lipinski definition) is 1. The maximum absolute atomic E-state index is 13.3. The number of anilines is 3. The van der Waals surface area contributed by atoms with Gasteiger partial charge in [-0.2, -0.15) is 0 Å². The first kappa shape index (κ1) is 26.7. The van der Waals surface area contributed by atoms with Crippen LogP contribution in [0.1, 0.15) is 74.9 Å². The van der Waals surface area contributed by atoms with Crippen LogP contribution >= 0.6 is 0 Å². The van der Waals surface area contributed by atoms with Crippen LogP contribution in [0.15, 0.2) is 54.9 Å². The lowest BCUT2D eigenvalue weighted by atomic mass is 9.80. The molecule has 3 aliphatic rings. The molecule has 3 atom stereocenters. The average Bonchev–Trinajstić information content (AvgIpc) is 3.57. The highest BCUT2D eigenvalue weighted by molar-refractivity contribution is 5.92. The summed E-state index contributed by atoms with van der Waals surface area (Å²) in [5.41, 5.74) is 5.36. The Balaban J connectivity index is 1.44. The summed E-state index contributed by atoms with van der Waals surface area (Å²) >= 11 is 0. The molecule has 0 radical (unpaired) electrons. The fourth-order valence-corrected chi connectivity index (χ4v) is 6.85. The number of rotatable bonds is 4. The van der Waals surface area contributed by atoms with Crippen molar-refractivity contribution < 1.29 is 14.6 Å². The number of carbonyl (C=O) groups excluding carboxylic acids is 1. The molecule has 0 unspecified atom stereocenters. The van der Waals surface area contributed by atoms with Crippen molar-refractivity contribution in [2.24, 2.45) is 0 Å². The third-order valence-electron chi connectivity index (χ3n) is 8.55. The lowest BCUT2D eigenvalue weighted by molar-refractivity contribution is 0.0589. The summed E-state index contributed by atoms with van der Waals surface area (Å²) < 4.78 is 5.78. The monoisotopic (exact) mass is 541 g/mol. The molecular formula is C32H39N5O3. The molecule has 1 fully saturated rings. The van der Waals surface area contributed by atoms with Gasteiger partial charge in [-0.05, 0) is 63.8 Å². The predicted molar refractivity (Wildman–Crippen MR) is 156 cm³/mol. The van der Waals surface area contributed by atoms with Crippen LogP contribution in [0.25, 0.3) is 0 Å². The van der Waals surface area contributed by atoms with Crippen molar-refractivity contribution in [2.75, 3.05) is 36.5 Å². The zero-order chi connectivity index (χ0) is 28.2. The molecule has 1 aromatic heterocycles. The Labute approximate surface area is 236 Å². The highest BCUT2D eigenvalue weighted by Gasteiger charge is 2.51. The first-order chi connectivity index (χ1) is 19.1. The Bertz CT molecular complexity index is 1420. The SMILES string of the molecule is C[C@@H]1C[C@@H](O)c2ncnc(N3C[C@@]4(CCN(Cc5ccccc5)C4)c4c(N(C)C(=O)OC(C)(C)C)cccc43)c21. The van der Waals surface area contributed by atoms with E-state index in [-0.39, 0.29) is 17.4 Å². The molecule has 1 saturated heterocycles. The van der Waals surface area contributed by atoms with E-state index in [0.29, 0.717) is 6.42 Å². The van der Waals surface area contributed by atoms with Gasteiger partial charge in [0, 0.05) is 48.9 Å². The number of aliphatic hydroxyl groups excluding tert-OH is 1. The van der Waals surface area contributed by atoms with E-state index in [0.717, 1.165) is 66.6 Å². The summed E-state index contributed by atoms with van der Waals surface area (Å²) in [6, 6.07) is 16.8. The Kier molecular flexibility index (Phi) is 6.58. The molecule has 8 heteroatoms. The van der Waals surface area contributed by atoms with E-state index in [1.165, 1.54) is 5.56 Å². The molecule has 1 amide bonds. The number of nitrogens with zero attached hydrogens (tertiary/aromatic N) is 5. The molecule has 3 aromatic rings. The lowest BCUT2D eigenvalue weighted by Crippen LogP contribution is -2.38. The summed E-state index contributed by atoms with van der Waals surface area (Å²) in [5, 5.41) is 10.7. The fourth-order valence-electron chi connectivity index (χ4n) is 6.85. The van der Waals surface area contributed by atoms with Crippen molar-refractivity contribution in [3.05, 3.63) is 77.2 Å². The predicted octanol–water partition coefficient (Wildman–Crippen LogP) is 5.68. The van der Waals surface area contributed by atoms with Gasteiger partial charge >= 0.3 is 6.09 Å². The second-order valence-electron chi connectivity index (χ2n) is 12.7. The van der Waals surface area contributed by atoms with Gasteiger partial charge in [0.15, 0.2) is 0 Å². The van der Waals surface area contributed by atoms with Crippen molar-refractivity contribution in [3.8, 4) is 0 Å². The molecule has 2 aliphatic heterocycles. The molecule has 1 spiro atoms. The summed E-state index contributed by atoms with van der Waals surface area (Å²) in [5.74, 6) is 1.03. The van der Waals surface area contributed by atoms with Gasteiger partial charge in [-0.1, -0.05) is 43.3 Å². The van der Waals surface area contributed by atoms with Crippen molar-refractivity contribution in [3.63, 3.8) is 0 Å². The van der Waals surface area contributed by atoms with Crippen LogP contribution in [0.2, 0.25) is 0 Å². The van der Waals surface area contributed by atoms with Gasteiger partial charge in [-0.3, -0.25) is 9.80 Å². The minimum atomic E-state index is -0.592. The number of benzene rings is 2. The van der Waals surface area contributed by atoms with Gasteiger partial charge in [0.2, 0.25) is 0 Å². The van der Waals surface area contributed by atoms with Crippen LogP contribution in [0, 0.1) is 0 Å². The standard InChI is InChI=1S/C32H39N5O3/c1-21-16-25(38)28-26(21)29(34-20-33-28)37-19-32(14-15-36(18-32)17-22-10-7-6-8-11-22)27-23(12-9-13-24(27)37)35(5)30(39)40-31(2,3)4/h6-13,20-21,25,38H,14-19H2,1-5H3/t21-,25-,32+/m1/s1. The molecule has 40 heavy (non-hydrogen) atoms. The highest BCUT2D eigenvalue weighted by atomic mass is 16.6. The Morgan fingerprint density at radius 2 is 1.90 bits per heavy atom. The Hall–Kier alpha value is -3.49. The van der Waals surface area contributed by atoms with Crippen molar-refractivity contribution in [1.29, 1.82) is 0 Å². The number of amides is 1. The van der Waals surface area contributed by atoms with Gasteiger partial charge in [-0.25, -0.2) is 14.8 Å². The summed E-state index contributed by atoms with van der Waals surface area (Å²) in [6.07, 6.45) is 2.26. The smallest absolute Gasteiger partial charge is 0.414 e. The molecule has 1 aliphatic carbocycles. The Morgan fingerprint density at radius 1 is 1.12 bits per heavy atom. The number of aromatic nitrogens is 2. The number of ether oxygens (including phenoxy) is 1. The van der Waals surface area contributed by atoms with Crippen LogP contribution in [-0.4, -0.2) is 58.4 Å². The zero-order valence-electron chi connectivity index (χ0n) is 24.1.